The maximum absolute atomic E-state index is 13.3. The highest BCUT2D eigenvalue weighted by Gasteiger charge is 2.61. The van der Waals surface area contributed by atoms with Crippen molar-refractivity contribution in [1.29, 1.82) is 0 Å². The highest BCUT2D eigenvalue weighted by atomic mass is 79.9. The van der Waals surface area contributed by atoms with Gasteiger partial charge in [0.05, 0.1) is 0 Å². The number of fused-ring (bicyclic) bond motifs is 5. The van der Waals surface area contributed by atoms with Crippen molar-refractivity contribution in [3.63, 3.8) is 0 Å². The Labute approximate surface area is 230 Å². The minimum atomic E-state index is 0.233. The van der Waals surface area contributed by atoms with Gasteiger partial charge in [-0.1, -0.05) is 81.9 Å². The van der Waals surface area contributed by atoms with E-state index in [-0.39, 0.29) is 5.92 Å². The monoisotopic (exact) mass is 554 g/mol. The normalized spacial score (nSPS) is 41.0. The zero-order valence-electron chi connectivity index (χ0n) is 23.7. The second kappa shape index (κ2) is 10.5. The fourth-order valence-electron chi connectivity index (χ4n) is 10.5. The van der Waals surface area contributed by atoms with Crippen LogP contribution in [0, 0.1) is 58.2 Å². The Morgan fingerprint density at radius 3 is 2.28 bits per heavy atom. The van der Waals surface area contributed by atoms with E-state index in [1.54, 1.807) is 0 Å². The Kier molecular flexibility index (Phi) is 7.86. The van der Waals surface area contributed by atoms with Crippen molar-refractivity contribution in [2.24, 2.45) is 58.2 Å². The smallest absolute Gasteiger partial charge is 0.136 e. The molecular weight excluding hydrogens is 504 g/mol. The Morgan fingerprint density at radius 1 is 0.861 bits per heavy atom. The van der Waals surface area contributed by atoms with Gasteiger partial charge in [-0.25, -0.2) is 0 Å². The molecule has 5 rings (SSSR count). The summed E-state index contributed by atoms with van der Waals surface area (Å²) in [4.78, 5) is 13.3. The van der Waals surface area contributed by atoms with E-state index in [4.69, 9.17) is 0 Å². The van der Waals surface area contributed by atoms with Crippen molar-refractivity contribution in [2.45, 2.75) is 112 Å². The summed E-state index contributed by atoms with van der Waals surface area (Å²) < 4.78 is 1.13. The van der Waals surface area contributed by atoms with Crippen molar-refractivity contribution in [3.05, 3.63) is 34.3 Å². The van der Waals surface area contributed by atoms with Crippen molar-refractivity contribution >= 4 is 21.7 Å². The van der Waals surface area contributed by atoms with Gasteiger partial charge in [0.25, 0.3) is 0 Å². The summed E-state index contributed by atoms with van der Waals surface area (Å²) in [6.07, 6.45) is 15.6. The third kappa shape index (κ3) is 4.80. The molecule has 2 heteroatoms. The molecule has 0 radical (unpaired) electrons. The van der Waals surface area contributed by atoms with E-state index in [2.05, 4.69) is 74.8 Å². The Bertz CT molecular complexity index is 920. The van der Waals surface area contributed by atoms with Crippen LogP contribution in [0.25, 0.3) is 0 Å². The number of hydrogen-bond donors (Lipinski definition) is 0. The van der Waals surface area contributed by atoms with Gasteiger partial charge in [-0.05, 0) is 121 Å². The van der Waals surface area contributed by atoms with Gasteiger partial charge in [0, 0.05) is 16.8 Å². The average Bonchev–Trinajstić information content (AvgIpc) is 3.19. The van der Waals surface area contributed by atoms with Crippen LogP contribution in [0.3, 0.4) is 0 Å². The number of benzene rings is 1. The van der Waals surface area contributed by atoms with E-state index in [0.29, 0.717) is 22.5 Å². The van der Waals surface area contributed by atoms with Gasteiger partial charge < -0.3 is 0 Å². The number of carbonyl (C=O) groups is 1. The van der Waals surface area contributed by atoms with Crippen molar-refractivity contribution in [2.75, 3.05) is 0 Å². The molecule has 200 valence electrons. The van der Waals surface area contributed by atoms with Crippen LogP contribution < -0.4 is 0 Å². The fourth-order valence-corrected chi connectivity index (χ4v) is 10.7. The molecule has 4 aliphatic rings. The molecule has 1 aromatic rings. The van der Waals surface area contributed by atoms with E-state index >= 15 is 0 Å². The maximum Gasteiger partial charge on any atom is 0.136 e. The van der Waals surface area contributed by atoms with Crippen molar-refractivity contribution in [1.82, 2.24) is 0 Å². The van der Waals surface area contributed by atoms with Gasteiger partial charge in [-0.3, -0.25) is 4.79 Å². The van der Waals surface area contributed by atoms with Crippen LogP contribution in [0.5, 0.6) is 0 Å². The van der Waals surface area contributed by atoms with Gasteiger partial charge in [0.15, 0.2) is 0 Å². The van der Waals surface area contributed by atoms with Gasteiger partial charge in [0.2, 0.25) is 0 Å². The number of carbonyl (C=O) groups excluding carboxylic acids is 1. The van der Waals surface area contributed by atoms with Crippen LogP contribution in [-0.4, -0.2) is 5.78 Å². The molecule has 4 saturated carbocycles. The second-order valence-electron chi connectivity index (χ2n) is 14.5. The van der Waals surface area contributed by atoms with Crippen LogP contribution in [0.15, 0.2) is 28.7 Å². The third-order valence-corrected chi connectivity index (χ3v) is 12.9. The molecule has 0 aliphatic heterocycles. The number of hydrogen-bond acceptors (Lipinski definition) is 1. The third-order valence-electron chi connectivity index (χ3n) is 12.3. The van der Waals surface area contributed by atoms with Crippen LogP contribution >= 0.6 is 15.9 Å². The molecule has 0 bridgehead atoms. The summed E-state index contributed by atoms with van der Waals surface area (Å²) in [6, 6.07) is 8.73. The highest BCUT2D eigenvalue weighted by Crippen LogP contribution is 2.68. The maximum atomic E-state index is 13.3. The molecule has 4 fully saturated rings. The first-order chi connectivity index (χ1) is 17.1. The zero-order valence-corrected chi connectivity index (χ0v) is 25.3. The quantitative estimate of drug-likeness (QED) is 0.327. The predicted octanol–water partition coefficient (Wildman–Crippen LogP) is 9.91. The standard InChI is InChI=1S/C34H51BrO/c1-22(2)7-6-8-23(3)28-15-16-29-26-13-14-30-27(21-24-9-11-25(35)12-10-24)32(36)18-20-34(30,5)31(26)17-19-33(28,29)4/h9-12,22-23,26-31H,6-8,13-21H2,1-5H3/t23-,26+,27?,28-,29+,30?,31+,33-,34+/m1/s1. The number of halogens is 1. The van der Waals surface area contributed by atoms with Crippen molar-refractivity contribution < 1.29 is 4.79 Å². The second-order valence-corrected chi connectivity index (χ2v) is 15.4. The molecule has 0 heterocycles. The minimum Gasteiger partial charge on any atom is -0.299 e. The Balaban J connectivity index is 1.31. The number of ketones is 1. The summed E-state index contributed by atoms with van der Waals surface area (Å²) in [5.74, 6) is 6.68. The SMILES string of the molecule is CC(C)CCC[C@@H](C)[C@H]1CC[C@H]2[C@@H]3CCC4C(Cc5ccc(Br)cc5)C(=O)CC[C@]4(C)[C@H]3CC[C@]12C. The number of Topliss-reactive ketones (excluding diaryl/α,β-unsaturated/α-hetero) is 1. The van der Waals surface area contributed by atoms with Gasteiger partial charge in [0.1, 0.15) is 5.78 Å². The molecule has 9 atom stereocenters. The van der Waals surface area contributed by atoms with Crippen LogP contribution in [0.2, 0.25) is 0 Å². The van der Waals surface area contributed by atoms with E-state index in [9.17, 15) is 4.79 Å². The zero-order chi connectivity index (χ0) is 25.7. The first kappa shape index (κ1) is 27.0. The molecule has 36 heavy (non-hydrogen) atoms. The molecule has 0 saturated heterocycles. The molecular formula is C34H51BrO. The lowest BCUT2D eigenvalue weighted by atomic mass is 9.43. The van der Waals surface area contributed by atoms with E-state index in [0.717, 1.165) is 59.2 Å². The predicted molar refractivity (Wildman–Crippen MR) is 155 cm³/mol. The fraction of sp³-hybridized carbons (Fsp3) is 0.794. The average molecular weight is 556 g/mol. The molecule has 1 nitrogen and oxygen atoms in total. The summed E-state index contributed by atoms with van der Waals surface area (Å²) >= 11 is 3.58. The molecule has 0 aromatic heterocycles. The largest absolute Gasteiger partial charge is 0.299 e. The molecule has 4 aliphatic carbocycles. The van der Waals surface area contributed by atoms with Crippen LogP contribution in [-0.2, 0) is 11.2 Å². The summed E-state index contributed by atoms with van der Waals surface area (Å²) in [5, 5.41) is 0. The number of rotatable bonds is 7. The molecule has 1 aromatic carbocycles. The van der Waals surface area contributed by atoms with E-state index in [1.807, 2.05) is 0 Å². The lowest BCUT2D eigenvalue weighted by molar-refractivity contribution is -0.152. The Hall–Kier alpha value is -0.630. The van der Waals surface area contributed by atoms with E-state index in [1.165, 1.54) is 63.4 Å². The lowest BCUT2D eigenvalue weighted by Gasteiger charge is -2.62. The molecule has 0 N–H and O–H groups in total. The first-order valence-electron chi connectivity index (χ1n) is 15.4. The van der Waals surface area contributed by atoms with Gasteiger partial charge in [-0.2, -0.15) is 0 Å². The molecule has 0 amide bonds. The van der Waals surface area contributed by atoms with Crippen molar-refractivity contribution in [3.8, 4) is 0 Å². The Morgan fingerprint density at radius 2 is 1.56 bits per heavy atom. The van der Waals surface area contributed by atoms with Gasteiger partial charge in [-0.15, -0.1) is 0 Å². The summed E-state index contributed by atoms with van der Waals surface area (Å²) in [7, 11) is 0. The molecule has 0 spiro atoms. The lowest BCUT2D eigenvalue weighted by Crippen LogP contribution is -2.56. The summed E-state index contributed by atoms with van der Waals surface area (Å²) in [6.45, 7) is 12.7. The first-order valence-corrected chi connectivity index (χ1v) is 16.2. The molecule has 2 unspecified atom stereocenters. The van der Waals surface area contributed by atoms with Gasteiger partial charge >= 0.3 is 0 Å². The van der Waals surface area contributed by atoms with E-state index < -0.39 is 0 Å². The van der Waals surface area contributed by atoms with Crippen LogP contribution in [0.4, 0.5) is 0 Å². The summed E-state index contributed by atoms with van der Waals surface area (Å²) in [5.41, 5.74) is 2.26. The minimum absolute atomic E-state index is 0.233. The van der Waals surface area contributed by atoms with Crippen LogP contribution in [0.1, 0.15) is 111 Å². The highest BCUT2D eigenvalue weighted by molar-refractivity contribution is 9.10. The topological polar surface area (TPSA) is 17.1 Å².